The number of ether oxygens (including phenoxy) is 1. The number of nitrogens with zero attached hydrogens (tertiary/aromatic N) is 6. The maximum absolute atomic E-state index is 10.9. The Balaban J connectivity index is 1.06. The highest BCUT2D eigenvalue weighted by atomic mass is 16.6. The molecule has 12 nitrogen and oxygen atoms in total. The highest BCUT2D eigenvalue weighted by Gasteiger charge is 2.47. The molecule has 6 N–H and O–H groups in total. The molecular weight excluding hydrogens is 536 g/mol. The fourth-order valence-electron chi connectivity index (χ4n) is 6.42. The molecule has 4 atom stereocenters. The summed E-state index contributed by atoms with van der Waals surface area (Å²) in [6.07, 6.45) is 3.10. The van der Waals surface area contributed by atoms with Gasteiger partial charge in [-0.1, -0.05) is 36.6 Å². The molecule has 226 valence electrons. The molecule has 6 rings (SSSR count). The minimum atomic E-state index is -1.16. The van der Waals surface area contributed by atoms with Crippen molar-refractivity contribution >= 4 is 28.0 Å². The van der Waals surface area contributed by atoms with Crippen LogP contribution in [0, 0.1) is 5.92 Å². The second-order valence-electron chi connectivity index (χ2n) is 13.3. The topological polar surface area (TPSA) is 162 Å². The Morgan fingerprint density at radius 2 is 1.95 bits per heavy atom. The van der Waals surface area contributed by atoms with E-state index in [-0.39, 0.29) is 22.8 Å². The van der Waals surface area contributed by atoms with Crippen LogP contribution >= 0.6 is 0 Å². The quantitative estimate of drug-likeness (QED) is 0.156. The maximum atomic E-state index is 10.9. The molecule has 42 heavy (non-hydrogen) atoms. The fourth-order valence-corrected chi connectivity index (χ4v) is 6.42. The SMILES string of the molecule is CC(C)N(C[C@H]1O[C@@H](n2cnc3c(N)[n+](O)cnc32)[C@H](O)[C@@H]1O)[C@H]1C[C@@H](CCc2nc3cc(C(C)(C)C)ccc3[nH]2)C1. The number of hydrogen-bond donors (Lipinski definition) is 5. The summed E-state index contributed by atoms with van der Waals surface area (Å²) in [4.78, 5) is 19.2. The molecule has 1 saturated carbocycles. The third-order valence-electron chi connectivity index (χ3n) is 9.08. The predicted octanol–water partition coefficient (Wildman–Crippen LogP) is 2.45. The monoisotopic (exact) mass is 579 g/mol. The summed E-state index contributed by atoms with van der Waals surface area (Å²) in [5.41, 5.74) is 10.1. The first-order valence-corrected chi connectivity index (χ1v) is 14.9. The molecular formula is C30H43N8O4+. The summed E-state index contributed by atoms with van der Waals surface area (Å²) in [6.45, 7) is 11.5. The van der Waals surface area contributed by atoms with E-state index in [1.165, 1.54) is 11.9 Å². The lowest BCUT2D eigenvalue weighted by Gasteiger charge is -2.46. The molecule has 4 aromatic rings. The van der Waals surface area contributed by atoms with Crippen LogP contribution in [0.4, 0.5) is 5.82 Å². The van der Waals surface area contributed by atoms with E-state index in [4.69, 9.17) is 15.5 Å². The van der Waals surface area contributed by atoms with Gasteiger partial charge in [0.1, 0.15) is 30.5 Å². The summed E-state index contributed by atoms with van der Waals surface area (Å²) in [5.74, 6) is 1.69. The number of aliphatic hydroxyl groups is 2. The summed E-state index contributed by atoms with van der Waals surface area (Å²) in [7, 11) is 0. The molecule has 2 aliphatic rings. The van der Waals surface area contributed by atoms with Gasteiger partial charge >= 0.3 is 0 Å². The van der Waals surface area contributed by atoms with E-state index >= 15 is 0 Å². The van der Waals surface area contributed by atoms with Crippen molar-refractivity contribution in [2.24, 2.45) is 5.92 Å². The van der Waals surface area contributed by atoms with Crippen LogP contribution in [0.5, 0.6) is 0 Å². The molecule has 12 heteroatoms. The van der Waals surface area contributed by atoms with Crippen molar-refractivity contribution in [3.63, 3.8) is 0 Å². The Kier molecular flexibility index (Phi) is 7.37. The molecule has 1 aromatic carbocycles. The molecule has 1 aliphatic heterocycles. The Morgan fingerprint density at radius 3 is 2.67 bits per heavy atom. The molecule has 0 spiro atoms. The first kappa shape index (κ1) is 28.8. The number of nitrogens with two attached hydrogens (primary N) is 1. The number of aromatic nitrogens is 6. The standard InChI is InChI=1S/C30H42N8O4/c1-16(2)36(13-22-25(39)26(40)29(42-22)37-14-32-24-27(31)38(41)15-33-28(24)37)19-10-17(11-19)6-9-23-34-20-8-7-18(30(3,4)5)12-21(20)35-23/h7-8,12,14-17,19,22,25-26,29,31,39-41H,6,9-11,13H2,1-5H3,(H,34,35)/p+1/t17-,19+,22-,25-,26-,29-/m1/s1. The Bertz CT molecular complexity index is 1570. The van der Waals surface area contributed by atoms with Gasteiger partial charge in [0.2, 0.25) is 11.2 Å². The molecule has 4 heterocycles. The van der Waals surface area contributed by atoms with Crippen LogP contribution in [-0.2, 0) is 16.6 Å². The minimum absolute atomic E-state index is 0.0313. The molecule has 0 unspecified atom stereocenters. The summed E-state index contributed by atoms with van der Waals surface area (Å²) in [6, 6.07) is 7.16. The largest absolute Gasteiger partial charge is 0.387 e. The average molecular weight is 580 g/mol. The number of aliphatic hydroxyl groups excluding tert-OH is 2. The van der Waals surface area contributed by atoms with E-state index in [0.717, 1.165) is 48.9 Å². The zero-order valence-electron chi connectivity index (χ0n) is 25.0. The zero-order valence-corrected chi connectivity index (χ0v) is 25.0. The molecule has 1 aliphatic carbocycles. The second kappa shape index (κ2) is 10.7. The molecule has 0 amide bonds. The van der Waals surface area contributed by atoms with Crippen LogP contribution in [0.1, 0.15) is 71.5 Å². The van der Waals surface area contributed by atoms with Gasteiger partial charge in [-0.3, -0.25) is 9.47 Å². The summed E-state index contributed by atoms with van der Waals surface area (Å²) in [5, 5.41) is 31.6. The lowest BCUT2D eigenvalue weighted by atomic mass is 9.76. The lowest BCUT2D eigenvalue weighted by Crippen LogP contribution is -2.52. The third-order valence-corrected chi connectivity index (χ3v) is 9.08. The van der Waals surface area contributed by atoms with Crippen molar-refractivity contribution in [2.75, 3.05) is 12.3 Å². The minimum Gasteiger partial charge on any atom is -0.387 e. The van der Waals surface area contributed by atoms with E-state index in [0.29, 0.717) is 28.9 Å². The predicted molar refractivity (Wildman–Crippen MR) is 157 cm³/mol. The number of hydrogen-bond acceptors (Lipinski definition) is 9. The highest BCUT2D eigenvalue weighted by molar-refractivity contribution is 5.79. The highest BCUT2D eigenvalue weighted by Crippen LogP contribution is 2.38. The van der Waals surface area contributed by atoms with Crippen LogP contribution in [0.2, 0.25) is 0 Å². The average Bonchev–Trinajstić information content (AvgIpc) is 3.60. The number of nitrogen functional groups attached to an aromatic ring is 1. The van der Waals surface area contributed by atoms with Crippen molar-refractivity contribution in [1.29, 1.82) is 0 Å². The van der Waals surface area contributed by atoms with E-state index in [2.05, 4.69) is 72.7 Å². The van der Waals surface area contributed by atoms with Gasteiger partial charge in [0.05, 0.1) is 11.0 Å². The van der Waals surface area contributed by atoms with Crippen LogP contribution < -0.4 is 10.5 Å². The Labute approximate surface area is 245 Å². The maximum Gasteiger partial charge on any atom is 0.289 e. The van der Waals surface area contributed by atoms with Gasteiger partial charge in [0.25, 0.3) is 12.1 Å². The van der Waals surface area contributed by atoms with Crippen LogP contribution in [0.3, 0.4) is 0 Å². The smallest absolute Gasteiger partial charge is 0.289 e. The first-order chi connectivity index (χ1) is 19.9. The summed E-state index contributed by atoms with van der Waals surface area (Å²) < 4.78 is 8.46. The number of aryl methyl sites for hydroxylation is 1. The zero-order chi connectivity index (χ0) is 29.9. The van der Waals surface area contributed by atoms with E-state index < -0.39 is 24.5 Å². The van der Waals surface area contributed by atoms with Crippen molar-refractivity contribution in [1.82, 2.24) is 29.4 Å². The van der Waals surface area contributed by atoms with E-state index in [1.807, 2.05) is 0 Å². The number of benzene rings is 1. The molecule has 0 bridgehead atoms. The second-order valence-corrected chi connectivity index (χ2v) is 13.3. The van der Waals surface area contributed by atoms with Crippen molar-refractivity contribution in [2.45, 2.75) is 102 Å². The van der Waals surface area contributed by atoms with Crippen molar-refractivity contribution < 1.29 is 24.9 Å². The van der Waals surface area contributed by atoms with E-state index in [9.17, 15) is 15.4 Å². The molecule has 3 aromatic heterocycles. The lowest BCUT2D eigenvalue weighted by molar-refractivity contribution is -0.894. The van der Waals surface area contributed by atoms with Gasteiger partial charge in [-0.05, 0) is 62.1 Å². The van der Waals surface area contributed by atoms with Gasteiger partial charge in [0, 0.05) is 25.0 Å². The Morgan fingerprint density at radius 1 is 1.19 bits per heavy atom. The van der Waals surface area contributed by atoms with Gasteiger partial charge in [-0.2, -0.15) is 0 Å². The third kappa shape index (κ3) is 5.21. The van der Waals surface area contributed by atoms with Gasteiger partial charge in [-0.25, -0.2) is 9.97 Å². The van der Waals surface area contributed by atoms with Crippen LogP contribution in [0.25, 0.3) is 22.2 Å². The number of nitrogens with one attached hydrogen (secondary N) is 1. The normalized spacial score (nSPS) is 26.6. The molecule has 2 fully saturated rings. The van der Waals surface area contributed by atoms with Crippen molar-refractivity contribution in [3.05, 3.63) is 42.2 Å². The van der Waals surface area contributed by atoms with Crippen molar-refractivity contribution in [3.8, 4) is 0 Å². The summed E-state index contributed by atoms with van der Waals surface area (Å²) >= 11 is 0. The fraction of sp³-hybridized carbons (Fsp3) is 0.600. The molecule has 0 radical (unpaired) electrons. The van der Waals surface area contributed by atoms with Crippen LogP contribution in [-0.4, -0.2) is 81.8 Å². The van der Waals surface area contributed by atoms with Gasteiger partial charge in [-0.15, -0.1) is 0 Å². The number of aromatic amines is 1. The number of H-pyrrole nitrogens is 1. The number of rotatable bonds is 8. The number of imidazole rings is 2. The van der Waals surface area contributed by atoms with Gasteiger partial charge < -0.3 is 30.9 Å². The Hall–Kier alpha value is -3.32. The number of anilines is 1. The first-order valence-electron chi connectivity index (χ1n) is 14.9. The van der Waals surface area contributed by atoms with Gasteiger partial charge in [0.15, 0.2) is 6.23 Å². The molecule has 1 saturated heterocycles. The van der Waals surface area contributed by atoms with E-state index in [1.54, 1.807) is 4.57 Å². The number of fused-ring (bicyclic) bond motifs is 2. The van der Waals surface area contributed by atoms with Crippen LogP contribution in [0.15, 0.2) is 30.9 Å².